The largest absolute Gasteiger partial charge is 0.451 e. The molecule has 1 fully saturated rings. The number of hydrogen-bond donors (Lipinski definition) is 2. The van der Waals surface area contributed by atoms with Gasteiger partial charge in [0.05, 0.1) is 11.5 Å². The highest BCUT2D eigenvalue weighted by atomic mass is 32.2. The van der Waals surface area contributed by atoms with Gasteiger partial charge in [0, 0.05) is 11.6 Å². The zero-order valence-electron chi connectivity index (χ0n) is 15.6. The molecule has 0 spiro atoms. The molecule has 0 aliphatic carbocycles. The minimum absolute atomic E-state index is 0.0383. The van der Waals surface area contributed by atoms with Gasteiger partial charge in [-0.15, -0.1) is 0 Å². The summed E-state index contributed by atoms with van der Waals surface area (Å²) < 4.78 is 27.8. The van der Waals surface area contributed by atoms with Gasteiger partial charge in [-0.05, 0) is 50.5 Å². The maximum atomic E-state index is 12.1. The van der Waals surface area contributed by atoms with E-state index in [1.165, 1.54) is 6.92 Å². The Balaban J connectivity index is 1.78. The molecule has 1 saturated heterocycles. The number of esters is 1. The summed E-state index contributed by atoms with van der Waals surface area (Å²) in [4.78, 5) is 35.9. The van der Waals surface area contributed by atoms with E-state index in [1.54, 1.807) is 12.1 Å². The van der Waals surface area contributed by atoms with Crippen LogP contribution in [0.5, 0.6) is 0 Å². The van der Waals surface area contributed by atoms with Crippen molar-refractivity contribution in [1.29, 1.82) is 0 Å². The molecule has 0 unspecified atom stereocenters. The number of hydrogen-bond acceptors (Lipinski definition) is 6. The summed E-state index contributed by atoms with van der Waals surface area (Å²) in [5, 5.41) is 5.01. The van der Waals surface area contributed by atoms with E-state index in [9.17, 15) is 22.8 Å². The Hall–Kier alpha value is -2.42. The second-order valence-electron chi connectivity index (χ2n) is 6.72. The molecule has 8 nitrogen and oxygen atoms in total. The van der Waals surface area contributed by atoms with Crippen molar-refractivity contribution in [2.24, 2.45) is 0 Å². The van der Waals surface area contributed by atoms with Gasteiger partial charge >= 0.3 is 5.97 Å². The van der Waals surface area contributed by atoms with Gasteiger partial charge in [-0.2, -0.15) is 0 Å². The predicted octanol–water partition coefficient (Wildman–Crippen LogP) is 0.268. The fraction of sp³-hybridized carbons (Fsp3) is 0.500. The molecule has 0 saturated carbocycles. The van der Waals surface area contributed by atoms with Gasteiger partial charge in [-0.1, -0.05) is 6.07 Å². The quantitative estimate of drug-likeness (QED) is 0.666. The number of rotatable bonds is 6. The molecule has 2 amide bonds. The summed E-state index contributed by atoms with van der Waals surface area (Å²) in [7, 11) is -3.11. The van der Waals surface area contributed by atoms with Crippen molar-refractivity contribution >= 4 is 27.6 Å². The van der Waals surface area contributed by atoms with E-state index in [2.05, 4.69) is 10.6 Å². The van der Waals surface area contributed by atoms with E-state index in [0.29, 0.717) is 12.0 Å². The third kappa shape index (κ3) is 6.06. The van der Waals surface area contributed by atoms with Gasteiger partial charge in [-0.25, -0.2) is 8.42 Å². The zero-order valence-corrected chi connectivity index (χ0v) is 16.4. The first-order valence-electron chi connectivity index (χ1n) is 8.63. The highest BCUT2D eigenvalue weighted by molar-refractivity contribution is 7.91. The molecular weight excluding hydrogens is 372 g/mol. The Morgan fingerprint density at radius 1 is 1.22 bits per heavy atom. The molecule has 1 heterocycles. The van der Waals surface area contributed by atoms with E-state index < -0.39 is 39.8 Å². The van der Waals surface area contributed by atoms with Crippen LogP contribution in [0.25, 0.3) is 0 Å². The summed E-state index contributed by atoms with van der Waals surface area (Å²) >= 11 is 0. The minimum atomic E-state index is -3.11. The summed E-state index contributed by atoms with van der Waals surface area (Å²) in [5.41, 5.74) is 2.45. The topological polar surface area (TPSA) is 119 Å². The van der Waals surface area contributed by atoms with Gasteiger partial charge in [0.1, 0.15) is 6.54 Å². The van der Waals surface area contributed by atoms with Crippen molar-refractivity contribution in [3.05, 3.63) is 34.9 Å². The Morgan fingerprint density at radius 3 is 2.52 bits per heavy atom. The van der Waals surface area contributed by atoms with Gasteiger partial charge in [0.15, 0.2) is 15.9 Å². The summed E-state index contributed by atoms with van der Waals surface area (Å²) in [6, 6.07) is 4.74. The molecule has 148 valence electrons. The molecule has 2 atom stereocenters. The minimum Gasteiger partial charge on any atom is -0.451 e. The lowest BCUT2D eigenvalue weighted by Crippen LogP contribution is -2.43. The molecule has 1 aliphatic rings. The average Bonchev–Trinajstić information content (AvgIpc) is 2.93. The summed E-state index contributed by atoms with van der Waals surface area (Å²) in [6.45, 7) is 4.83. The Bertz CT molecular complexity index is 849. The fourth-order valence-corrected chi connectivity index (χ4v) is 4.33. The maximum Gasteiger partial charge on any atom is 0.326 e. The zero-order chi connectivity index (χ0) is 20.2. The second kappa shape index (κ2) is 8.51. The van der Waals surface area contributed by atoms with Gasteiger partial charge in [-0.3, -0.25) is 14.4 Å². The number of carbonyl (C=O) groups excluding carboxylic acids is 3. The lowest BCUT2D eigenvalue weighted by Gasteiger charge is -2.16. The molecule has 0 aromatic heterocycles. The van der Waals surface area contributed by atoms with Crippen LogP contribution in [-0.4, -0.2) is 56.4 Å². The number of aryl methyl sites for hydroxylation is 2. The van der Waals surface area contributed by atoms with Crippen LogP contribution >= 0.6 is 0 Å². The standard InChI is InChI=1S/C18H24N2O6S/c1-11-4-5-14(8-12(11)2)18(23)19-9-16(21)26-13(3)17(22)20-15-6-7-27(24,25)10-15/h4-5,8,13,15H,6-7,9-10H2,1-3H3,(H,19,23)(H,20,22)/t13-,15+/m0/s1. The smallest absolute Gasteiger partial charge is 0.326 e. The Kier molecular flexibility index (Phi) is 6.59. The monoisotopic (exact) mass is 396 g/mol. The summed E-state index contributed by atoms with van der Waals surface area (Å²) in [6.07, 6.45) is -0.736. The molecule has 2 rings (SSSR count). The third-order valence-electron chi connectivity index (χ3n) is 4.42. The molecule has 1 aromatic rings. The van der Waals surface area contributed by atoms with Crippen molar-refractivity contribution in [2.45, 2.75) is 39.3 Å². The molecule has 2 N–H and O–H groups in total. The first kappa shape index (κ1) is 20.9. The van der Waals surface area contributed by atoms with E-state index in [1.807, 2.05) is 19.9 Å². The van der Waals surface area contributed by atoms with Crippen LogP contribution in [0.15, 0.2) is 18.2 Å². The maximum absolute atomic E-state index is 12.1. The molecule has 1 aromatic carbocycles. The van der Waals surface area contributed by atoms with Crippen molar-refractivity contribution in [3.63, 3.8) is 0 Å². The SMILES string of the molecule is Cc1ccc(C(=O)NCC(=O)O[C@@H](C)C(=O)N[C@@H]2CCS(=O)(=O)C2)cc1C. The van der Waals surface area contributed by atoms with Crippen LogP contribution in [-0.2, 0) is 24.2 Å². The Labute approximate surface area is 158 Å². The first-order chi connectivity index (χ1) is 12.6. The highest BCUT2D eigenvalue weighted by Gasteiger charge is 2.30. The first-order valence-corrected chi connectivity index (χ1v) is 10.5. The number of nitrogens with one attached hydrogen (secondary N) is 2. The van der Waals surface area contributed by atoms with Crippen molar-refractivity contribution < 1.29 is 27.5 Å². The van der Waals surface area contributed by atoms with Crippen LogP contribution in [0.1, 0.15) is 34.8 Å². The molecule has 0 bridgehead atoms. The van der Waals surface area contributed by atoms with Crippen LogP contribution in [0.2, 0.25) is 0 Å². The number of benzene rings is 1. The van der Waals surface area contributed by atoms with Crippen molar-refractivity contribution in [3.8, 4) is 0 Å². The second-order valence-corrected chi connectivity index (χ2v) is 8.95. The highest BCUT2D eigenvalue weighted by Crippen LogP contribution is 2.12. The van der Waals surface area contributed by atoms with Crippen molar-refractivity contribution in [1.82, 2.24) is 10.6 Å². The predicted molar refractivity (Wildman–Crippen MR) is 99.0 cm³/mol. The molecular formula is C18H24N2O6S. The average molecular weight is 396 g/mol. The van der Waals surface area contributed by atoms with Gasteiger partial charge in [0.25, 0.3) is 11.8 Å². The number of sulfone groups is 1. The molecule has 27 heavy (non-hydrogen) atoms. The van der Waals surface area contributed by atoms with Crippen LogP contribution in [0.3, 0.4) is 0 Å². The Morgan fingerprint density at radius 2 is 1.93 bits per heavy atom. The lowest BCUT2D eigenvalue weighted by atomic mass is 10.1. The number of ether oxygens (including phenoxy) is 1. The molecule has 1 aliphatic heterocycles. The van der Waals surface area contributed by atoms with E-state index in [0.717, 1.165) is 11.1 Å². The van der Waals surface area contributed by atoms with Gasteiger partial charge in [0.2, 0.25) is 0 Å². The fourth-order valence-electron chi connectivity index (χ4n) is 2.66. The number of amides is 2. The van der Waals surface area contributed by atoms with Gasteiger partial charge < -0.3 is 15.4 Å². The molecule has 0 radical (unpaired) electrons. The lowest BCUT2D eigenvalue weighted by molar-refractivity contribution is -0.154. The molecule has 9 heteroatoms. The van der Waals surface area contributed by atoms with Crippen LogP contribution in [0, 0.1) is 13.8 Å². The summed E-state index contributed by atoms with van der Waals surface area (Å²) in [5.74, 6) is -1.80. The van der Waals surface area contributed by atoms with Crippen LogP contribution < -0.4 is 10.6 Å². The normalized spacial score (nSPS) is 19.1. The van der Waals surface area contributed by atoms with Crippen LogP contribution in [0.4, 0.5) is 0 Å². The third-order valence-corrected chi connectivity index (χ3v) is 6.19. The van der Waals surface area contributed by atoms with Crippen molar-refractivity contribution in [2.75, 3.05) is 18.1 Å². The van der Waals surface area contributed by atoms with E-state index in [4.69, 9.17) is 4.74 Å². The number of carbonyl (C=O) groups is 3. The van der Waals surface area contributed by atoms with E-state index >= 15 is 0 Å². The van der Waals surface area contributed by atoms with E-state index in [-0.39, 0.29) is 18.1 Å².